The van der Waals surface area contributed by atoms with Crippen LogP contribution in [0.2, 0.25) is 0 Å². The average Bonchev–Trinajstić information content (AvgIpc) is 2.97. The van der Waals surface area contributed by atoms with Crippen molar-refractivity contribution in [1.82, 2.24) is 9.97 Å². The number of carbonyl (C=O) groups is 2. The van der Waals surface area contributed by atoms with Crippen LogP contribution in [0.25, 0.3) is 0 Å². The third kappa shape index (κ3) is 3.86. The number of amides is 2. The lowest BCUT2D eigenvalue weighted by Crippen LogP contribution is -2.42. The van der Waals surface area contributed by atoms with Crippen molar-refractivity contribution in [2.75, 3.05) is 22.6 Å². The smallest absolute Gasteiger partial charge is 0.271 e. The number of carbonyl (C=O) groups excluding carboxylic acids is 2. The van der Waals surface area contributed by atoms with Crippen LogP contribution in [0, 0.1) is 0 Å². The number of rotatable bonds is 5. The Kier molecular flexibility index (Phi) is 5.06. The molecule has 9 heteroatoms. The standard InChI is InChI=1S/C20H25N7O2/c1-27-15-7-6-12(8-11(15)9-17(27)28)24-20-18(19(22)29)23-10-16(26-20)25-14-5-3-2-4-13(14)21/h6-8,10,13-14H,2-5,9,21H2,1H3,(H2,22,29)(H2,24,25,26)/t13-,14+/m0/s1. The van der Waals surface area contributed by atoms with Crippen molar-refractivity contribution < 1.29 is 9.59 Å². The number of fused-ring (bicyclic) bond motifs is 1. The monoisotopic (exact) mass is 395 g/mol. The van der Waals surface area contributed by atoms with Crippen LogP contribution in [0.1, 0.15) is 41.7 Å². The van der Waals surface area contributed by atoms with Crippen LogP contribution in [-0.4, -0.2) is 40.9 Å². The fourth-order valence-corrected chi connectivity index (χ4v) is 3.94. The molecule has 29 heavy (non-hydrogen) atoms. The van der Waals surface area contributed by atoms with Crippen LogP contribution in [-0.2, 0) is 11.2 Å². The van der Waals surface area contributed by atoms with Gasteiger partial charge >= 0.3 is 0 Å². The molecule has 2 amide bonds. The number of aromatic nitrogens is 2. The molecule has 0 saturated heterocycles. The van der Waals surface area contributed by atoms with Crippen LogP contribution in [0.4, 0.5) is 23.0 Å². The lowest BCUT2D eigenvalue weighted by Gasteiger charge is -2.29. The molecule has 0 spiro atoms. The minimum Gasteiger partial charge on any atom is -0.364 e. The molecule has 4 rings (SSSR count). The Labute approximate surface area is 168 Å². The Bertz CT molecular complexity index is 962. The van der Waals surface area contributed by atoms with E-state index >= 15 is 0 Å². The predicted molar refractivity (Wildman–Crippen MR) is 111 cm³/mol. The summed E-state index contributed by atoms with van der Waals surface area (Å²) in [4.78, 5) is 34.1. The molecular weight excluding hydrogens is 370 g/mol. The number of primary amides is 1. The summed E-state index contributed by atoms with van der Waals surface area (Å²) in [6.07, 6.45) is 6.03. The van der Waals surface area contributed by atoms with Gasteiger partial charge in [0.1, 0.15) is 5.82 Å². The van der Waals surface area contributed by atoms with Gasteiger partial charge in [0.25, 0.3) is 5.91 Å². The van der Waals surface area contributed by atoms with Gasteiger partial charge in [0.15, 0.2) is 11.5 Å². The minimum atomic E-state index is -0.669. The second-order valence-corrected chi connectivity index (χ2v) is 7.61. The zero-order valence-electron chi connectivity index (χ0n) is 16.3. The predicted octanol–water partition coefficient (Wildman–Crippen LogP) is 1.52. The molecule has 2 aromatic rings. The highest BCUT2D eigenvalue weighted by molar-refractivity contribution is 6.01. The zero-order chi connectivity index (χ0) is 20.5. The SMILES string of the molecule is CN1C(=O)Cc2cc(Nc3nc(N[C@@H]4CCCC[C@@H]4N)cnc3C(N)=O)ccc21. The van der Waals surface area contributed by atoms with E-state index in [1.165, 1.54) is 6.20 Å². The van der Waals surface area contributed by atoms with Gasteiger partial charge in [-0.25, -0.2) is 9.97 Å². The fraction of sp³-hybridized carbons (Fsp3) is 0.400. The van der Waals surface area contributed by atoms with Gasteiger partial charge in [-0.1, -0.05) is 12.8 Å². The van der Waals surface area contributed by atoms with Crippen molar-refractivity contribution in [2.24, 2.45) is 11.5 Å². The van der Waals surface area contributed by atoms with E-state index < -0.39 is 5.91 Å². The molecule has 0 unspecified atom stereocenters. The number of nitrogens with one attached hydrogen (secondary N) is 2. The van der Waals surface area contributed by atoms with E-state index in [2.05, 4.69) is 20.6 Å². The summed E-state index contributed by atoms with van der Waals surface area (Å²) in [7, 11) is 1.75. The van der Waals surface area contributed by atoms with E-state index in [0.717, 1.165) is 36.9 Å². The maximum Gasteiger partial charge on any atom is 0.271 e. The summed E-state index contributed by atoms with van der Waals surface area (Å²) in [6.45, 7) is 0. The summed E-state index contributed by atoms with van der Waals surface area (Å²) in [5.41, 5.74) is 14.2. The first-order chi connectivity index (χ1) is 13.9. The summed E-state index contributed by atoms with van der Waals surface area (Å²) in [5.74, 6) is 0.183. The van der Waals surface area contributed by atoms with E-state index in [4.69, 9.17) is 11.5 Å². The summed E-state index contributed by atoms with van der Waals surface area (Å²) < 4.78 is 0. The quantitative estimate of drug-likeness (QED) is 0.602. The normalized spacial score (nSPS) is 21.0. The molecule has 0 bridgehead atoms. The van der Waals surface area contributed by atoms with E-state index in [1.807, 2.05) is 18.2 Å². The van der Waals surface area contributed by atoms with Crippen molar-refractivity contribution in [1.29, 1.82) is 0 Å². The Morgan fingerprint density at radius 2 is 2.07 bits per heavy atom. The van der Waals surface area contributed by atoms with Crippen LogP contribution in [0.3, 0.4) is 0 Å². The highest BCUT2D eigenvalue weighted by Crippen LogP contribution is 2.31. The highest BCUT2D eigenvalue weighted by atomic mass is 16.2. The van der Waals surface area contributed by atoms with Crippen molar-refractivity contribution in [3.05, 3.63) is 35.7 Å². The molecule has 2 aliphatic rings. The molecule has 2 atom stereocenters. The lowest BCUT2D eigenvalue weighted by atomic mass is 9.91. The Morgan fingerprint density at radius 3 is 2.83 bits per heavy atom. The van der Waals surface area contributed by atoms with Crippen molar-refractivity contribution in [3.63, 3.8) is 0 Å². The first-order valence-electron chi connectivity index (χ1n) is 9.78. The Hall–Kier alpha value is -3.20. The lowest BCUT2D eigenvalue weighted by molar-refractivity contribution is -0.117. The molecule has 1 aliphatic carbocycles. The van der Waals surface area contributed by atoms with E-state index in [-0.39, 0.29) is 29.5 Å². The van der Waals surface area contributed by atoms with E-state index in [0.29, 0.717) is 17.9 Å². The zero-order valence-corrected chi connectivity index (χ0v) is 16.3. The van der Waals surface area contributed by atoms with Crippen LogP contribution >= 0.6 is 0 Å². The van der Waals surface area contributed by atoms with E-state index in [1.54, 1.807) is 11.9 Å². The van der Waals surface area contributed by atoms with Gasteiger partial charge < -0.3 is 27.0 Å². The number of anilines is 4. The van der Waals surface area contributed by atoms with E-state index in [9.17, 15) is 9.59 Å². The van der Waals surface area contributed by atoms with Crippen molar-refractivity contribution in [3.8, 4) is 0 Å². The summed E-state index contributed by atoms with van der Waals surface area (Å²) >= 11 is 0. The van der Waals surface area contributed by atoms with Crippen LogP contribution in [0.15, 0.2) is 24.4 Å². The fourth-order valence-electron chi connectivity index (χ4n) is 3.94. The first-order valence-corrected chi connectivity index (χ1v) is 9.78. The highest BCUT2D eigenvalue weighted by Gasteiger charge is 2.25. The van der Waals surface area contributed by atoms with Gasteiger partial charge in [0.2, 0.25) is 5.91 Å². The van der Waals surface area contributed by atoms with Gasteiger partial charge in [0, 0.05) is 30.5 Å². The molecule has 6 N–H and O–H groups in total. The number of hydrogen-bond acceptors (Lipinski definition) is 7. The number of nitrogens with zero attached hydrogens (tertiary/aromatic N) is 3. The number of likely N-dealkylation sites (N-methyl/N-ethyl adjacent to an activating group) is 1. The maximum atomic E-state index is 11.9. The molecular formula is C20H25N7O2. The molecule has 1 fully saturated rings. The number of hydrogen-bond donors (Lipinski definition) is 4. The molecule has 2 heterocycles. The third-order valence-electron chi connectivity index (χ3n) is 5.58. The molecule has 1 saturated carbocycles. The first kappa shape index (κ1) is 19.1. The van der Waals surface area contributed by atoms with Crippen molar-refractivity contribution >= 4 is 34.8 Å². The largest absolute Gasteiger partial charge is 0.364 e. The number of nitrogens with two attached hydrogens (primary N) is 2. The molecule has 0 radical (unpaired) electrons. The number of benzene rings is 1. The van der Waals surface area contributed by atoms with Gasteiger partial charge in [-0.2, -0.15) is 0 Å². The third-order valence-corrected chi connectivity index (χ3v) is 5.58. The summed E-state index contributed by atoms with van der Waals surface area (Å²) in [6, 6.07) is 5.75. The molecule has 1 aromatic carbocycles. The van der Waals surface area contributed by atoms with Gasteiger partial charge in [-0.15, -0.1) is 0 Å². The minimum absolute atomic E-state index is 0.0461. The van der Waals surface area contributed by atoms with Gasteiger partial charge in [-0.3, -0.25) is 9.59 Å². The maximum absolute atomic E-state index is 11.9. The average molecular weight is 395 g/mol. The Balaban J connectivity index is 1.59. The van der Waals surface area contributed by atoms with Crippen molar-refractivity contribution in [2.45, 2.75) is 44.2 Å². The van der Waals surface area contributed by atoms with Crippen LogP contribution in [0.5, 0.6) is 0 Å². The van der Waals surface area contributed by atoms with Gasteiger partial charge in [-0.05, 0) is 36.6 Å². The topological polar surface area (TPSA) is 139 Å². The molecule has 1 aromatic heterocycles. The summed E-state index contributed by atoms with van der Waals surface area (Å²) in [5, 5.41) is 6.46. The van der Waals surface area contributed by atoms with Gasteiger partial charge in [0.05, 0.1) is 12.6 Å². The molecule has 9 nitrogen and oxygen atoms in total. The van der Waals surface area contributed by atoms with Crippen LogP contribution < -0.4 is 27.0 Å². The Morgan fingerprint density at radius 1 is 1.28 bits per heavy atom. The molecule has 1 aliphatic heterocycles. The second kappa shape index (κ2) is 7.67. The second-order valence-electron chi connectivity index (χ2n) is 7.61. The molecule has 152 valence electrons.